The molecule has 0 aliphatic rings. The van der Waals surface area contributed by atoms with Crippen molar-refractivity contribution in [1.82, 2.24) is 5.32 Å². The number of carbonyl (C=O) groups excluding carboxylic acids is 2. The van der Waals surface area contributed by atoms with Crippen molar-refractivity contribution >= 4 is 33.4 Å². The minimum absolute atomic E-state index is 0.0443. The molecule has 7 heteroatoms. The van der Waals surface area contributed by atoms with E-state index in [4.69, 9.17) is 10.00 Å². The first-order valence-electron chi connectivity index (χ1n) is 10.1. The molecule has 2 rings (SSSR count). The maximum atomic E-state index is 12.1. The summed E-state index contributed by atoms with van der Waals surface area (Å²) in [6, 6.07) is 15.0. The third-order valence-corrected chi connectivity index (χ3v) is 5.19. The summed E-state index contributed by atoms with van der Waals surface area (Å²) in [5.74, 6) is 0.385. The number of hydrogen-bond acceptors (Lipinski definition) is 4. The van der Waals surface area contributed by atoms with Gasteiger partial charge in [0.05, 0.1) is 17.1 Å². The highest BCUT2D eigenvalue weighted by atomic mass is 79.9. The van der Waals surface area contributed by atoms with Gasteiger partial charge in [-0.1, -0.05) is 39.0 Å². The fourth-order valence-electron chi connectivity index (χ4n) is 2.77. The van der Waals surface area contributed by atoms with E-state index in [0.717, 1.165) is 15.8 Å². The minimum atomic E-state index is -0.344. The summed E-state index contributed by atoms with van der Waals surface area (Å²) in [5, 5.41) is 14.0. The second-order valence-corrected chi connectivity index (χ2v) is 9.06. The summed E-state index contributed by atoms with van der Waals surface area (Å²) < 4.78 is 6.71. The molecule has 0 aliphatic heterocycles. The first-order valence-corrected chi connectivity index (χ1v) is 10.9. The van der Waals surface area contributed by atoms with E-state index < -0.39 is 0 Å². The molecule has 0 bridgehead atoms. The van der Waals surface area contributed by atoms with Gasteiger partial charge in [-0.2, -0.15) is 5.26 Å². The van der Waals surface area contributed by atoms with Crippen LogP contribution in [0.25, 0.3) is 0 Å². The molecule has 0 heterocycles. The highest BCUT2D eigenvalue weighted by Crippen LogP contribution is 2.31. The van der Waals surface area contributed by atoms with Crippen molar-refractivity contribution in [3.8, 4) is 11.8 Å². The smallest absolute Gasteiger partial charge is 0.238 e. The Kier molecular flexibility index (Phi) is 9.07. The van der Waals surface area contributed by atoms with Gasteiger partial charge in [-0.25, -0.2) is 0 Å². The summed E-state index contributed by atoms with van der Waals surface area (Å²) in [6.07, 6.45) is 0.809. The Morgan fingerprint density at radius 3 is 2.42 bits per heavy atom. The first kappa shape index (κ1) is 24.4. The van der Waals surface area contributed by atoms with Crippen LogP contribution in [0.1, 0.15) is 51.2 Å². The van der Waals surface area contributed by atoms with Gasteiger partial charge in [0.15, 0.2) is 0 Å². The van der Waals surface area contributed by atoms with Crippen LogP contribution in [0.4, 0.5) is 5.69 Å². The molecule has 0 spiro atoms. The van der Waals surface area contributed by atoms with E-state index in [1.807, 2.05) is 18.2 Å². The Morgan fingerprint density at radius 2 is 1.81 bits per heavy atom. The number of ether oxygens (including phenoxy) is 1. The topological polar surface area (TPSA) is 91.2 Å². The largest absolute Gasteiger partial charge is 0.492 e. The van der Waals surface area contributed by atoms with Gasteiger partial charge < -0.3 is 15.4 Å². The van der Waals surface area contributed by atoms with Crippen LogP contribution >= 0.6 is 15.9 Å². The number of nitrogens with one attached hydrogen (secondary N) is 2. The lowest BCUT2D eigenvalue weighted by atomic mass is 9.87. The van der Waals surface area contributed by atoms with Gasteiger partial charge >= 0.3 is 0 Å². The zero-order valence-electron chi connectivity index (χ0n) is 18.1. The number of carbonyl (C=O) groups is 2. The number of benzene rings is 2. The lowest BCUT2D eigenvalue weighted by Crippen LogP contribution is -2.23. The molecule has 31 heavy (non-hydrogen) atoms. The van der Waals surface area contributed by atoms with Crippen LogP contribution in [0.15, 0.2) is 46.9 Å². The van der Waals surface area contributed by atoms with Crippen LogP contribution in [-0.4, -0.2) is 18.4 Å². The van der Waals surface area contributed by atoms with Crippen LogP contribution in [0.3, 0.4) is 0 Å². The fourth-order valence-corrected chi connectivity index (χ4v) is 3.26. The number of hydrogen-bond donors (Lipinski definition) is 2. The van der Waals surface area contributed by atoms with E-state index in [1.54, 1.807) is 18.2 Å². The predicted molar refractivity (Wildman–Crippen MR) is 125 cm³/mol. The van der Waals surface area contributed by atoms with Crippen LogP contribution in [-0.2, 0) is 21.5 Å². The number of amides is 2. The van der Waals surface area contributed by atoms with Crippen molar-refractivity contribution in [3.63, 3.8) is 0 Å². The summed E-state index contributed by atoms with van der Waals surface area (Å²) in [5.41, 5.74) is 2.84. The molecule has 2 amide bonds. The maximum absolute atomic E-state index is 12.1. The summed E-state index contributed by atoms with van der Waals surface area (Å²) >= 11 is 3.56. The van der Waals surface area contributed by atoms with Crippen LogP contribution in [0.2, 0.25) is 0 Å². The summed E-state index contributed by atoms with van der Waals surface area (Å²) in [7, 11) is 0. The Labute approximate surface area is 192 Å². The van der Waals surface area contributed by atoms with Crippen molar-refractivity contribution in [1.29, 1.82) is 5.26 Å². The normalized spacial score (nSPS) is 10.8. The van der Waals surface area contributed by atoms with Gasteiger partial charge in [-0.05, 0) is 63.2 Å². The van der Waals surface area contributed by atoms with Crippen LogP contribution in [0, 0.1) is 11.3 Å². The SMILES string of the molecule is CC(C)(C)c1ccc(OCCCC(=O)NCc2ccc(NC(=O)CC#N)cc2)c(Br)c1. The number of halogens is 1. The highest BCUT2D eigenvalue weighted by Gasteiger charge is 2.15. The van der Waals surface area contributed by atoms with Crippen molar-refractivity contribution in [2.75, 3.05) is 11.9 Å². The highest BCUT2D eigenvalue weighted by molar-refractivity contribution is 9.10. The van der Waals surface area contributed by atoms with E-state index in [0.29, 0.717) is 31.7 Å². The van der Waals surface area contributed by atoms with Gasteiger partial charge in [-0.15, -0.1) is 0 Å². The molecule has 2 aromatic rings. The quantitative estimate of drug-likeness (QED) is 0.484. The Morgan fingerprint density at radius 1 is 1.10 bits per heavy atom. The molecular formula is C24H28BrN3O3. The van der Waals surface area contributed by atoms with E-state index in [-0.39, 0.29) is 23.7 Å². The van der Waals surface area contributed by atoms with Crippen LogP contribution < -0.4 is 15.4 Å². The molecule has 0 fully saturated rings. The average molecular weight is 486 g/mol. The van der Waals surface area contributed by atoms with E-state index in [1.165, 1.54) is 5.56 Å². The Hall–Kier alpha value is -2.85. The molecule has 0 saturated heterocycles. The van der Waals surface area contributed by atoms with Gasteiger partial charge in [0.2, 0.25) is 11.8 Å². The zero-order chi connectivity index (χ0) is 22.9. The lowest BCUT2D eigenvalue weighted by molar-refractivity contribution is -0.121. The molecule has 0 aliphatic carbocycles. The van der Waals surface area contributed by atoms with E-state index in [9.17, 15) is 9.59 Å². The molecule has 0 radical (unpaired) electrons. The fraction of sp³-hybridized carbons (Fsp3) is 0.375. The van der Waals surface area contributed by atoms with Crippen molar-refractivity contribution in [2.45, 2.75) is 52.0 Å². The second-order valence-electron chi connectivity index (χ2n) is 8.20. The summed E-state index contributed by atoms with van der Waals surface area (Å²) in [6.45, 7) is 7.36. The van der Waals surface area contributed by atoms with Gasteiger partial charge in [0.1, 0.15) is 12.2 Å². The molecule has 6 nitrogen and oxygen atoms in total. The van der Waals surface area contributed by atoms with Crippen molar-refractivity contribution < 1.29 is 14.3 Å². The van der Waals surface area contributed by atoms with Gasteiger partial charge in [0, 0.05) is 18.7 Å². The number of nitriles is 1. The summed E-state index contributed by atoms with van der Waals surface area (Å²) in [4.78, 5) is 23.5. The monoisotopic (exact) mass is 485 g/mol. The zero-order valence-corrected chi connectivity index (χ0v) is 19.7. The molecule has 0 saturated carbocycles. The minimum Gasteiger partial charge on any atom is -0.492 e. The van der Waals surface area contributed by atoms with Gasteiger partial charge in [-0.3, -0.25) is 9.59 Å². The van der Waals surface area contributed by atoms with Crippen LogP contribution in [0.5, 0.6) is 5.75 Å². The number of anilines is 1. The van der Waals surface area contributed by atoms with Crippen molar-refractivity contribution in [3.05, 3.63) is 58.1 Å². The standard InChI is InChI=1S/C24H28BrN3O3/c1-24(2,3)18-8-11-21(20(25)15-18)31-14-4-5-22(29)27-16-17-6-9-19(10-7-17)28-23(30)12-13-26/h6-11,15H,4-5,12,14,16H2,1-3H3,(H,27,29)(H,28,30). The molecular weight excluding hydrogens is 458 g/mol. The third-order valence-electron chi connectivity index (χ3n) is 4.57. The Balaban J connectivity index is 1.70. The van der Waals surface area contributed by atoms with Gasteiger partial charge in [0.25, 0.3) is 0 Å². The van der Waals surface area contributed by atoms with Crippen molar-refractivity contribution in [2.24, 2.45) is 0 Å². The number of nitrogens with zero attached hydrogens (tertiary/aromatic N) is 1. The second kappa shape index (κ2) is 11.5. The molecule has 2 aromatic carbocycles. The van der Waals surface area contributed by atoms with E-state index in [2.05, 4.69) is 59.5 Å². The lowest BCUT2D eigenvalue weighted by Gasteiger charge is -2.20. The molecule has 0 unspecified atom stereocenters. The molecule has 2 N–H and O–H groups in total. The predicted octanol–water partition coefficient (Wildman–Crippen LogP) is 5.07. The molecule has 164 valence electrons. The molecule has 0 aromatic heterocycles. The molecule has 0 atom stereocenters. The maximum Gasteiger partial charge on any atom is 0.238 e. The van der Waals surface area contributed by atoms with E-state index >= 15 is 0 Å². The number of rotatable bonds is 9. The average Bonchev–Trinajstić information content (AvgIpc) is 2.71. The third kappa shape index (κ3) is 8.42. The first-order chi connectivity index (χ1) is 14.7. The Bertz CT molecular complexity index is 944.